The van der Waals surface area contributed by atoms with Crippen LogP contribution in [-0.2, 0) is 4.79 Å². The summed E-state index contributed by atoms with van der Waals surface area (Å²) >= 11 is 2.30. The predicted octanol–water partition coefficient (Wildman–Crippen LogP) is 3.48. The molecule has 0 aromatic carbocycles. The summed E-state index contributed by atoms with van der Waals surface area (Å²) in [6.45, 7) is 2.14. The summed E-state index contributed by atoms with van der Waals surface area (Å²) in [5, 5.41) is 8.90. The van der Waals surface area contributed by atoms with Crippen molar-refractivity contribution in [3.63, 3.8) is 0 Å². The first-order valence-electron chi connectivity index (χ1n) is 5.01. The monoisotopic (exact) mass is 298 g/mol. The molecule has 0 spiro atoms. The first kappa shape index (κ1) is 13.2. The van der Waals surface area contributed by atoms with E-state index in [2.05, 4.69) is 29.5 Å². The topological polar surface area (TPSA) is 37.3 Å². The predicted molar refractivity (Wildman–Crippen MR) is 63.4 cm³/mol. The largest absolute Gasteiger partial charge is 0.481 e. The lowest BCUT2D eigenvalue weighted by molar-refractivity contribution is -0.142. The van der Waals surface area contributed by atoms with Gasteiger partial charge in [-0.25, -0.2) is 0 Å². The van der Waals surface area contributed by atoms with E-state index in [1.165, 1.54) is 6.42 Å². The summed E-state index contributed by atoms with van der Waals surface area (Å²) in [6, 6.07) is 0. The zero-order chi connectivity index (χ0) is 10.1. The summed E-state index contributed by atoms with van der Waals surface area (Å²) in [6.07, 6.45) is 6.13. The standard InChI is InChI=1S/C10H19IO2/c1-2-3-4-6-9(10(12)13)7-5-8-11/h9H,2-8H2,1H3,(H,12,13). The Labute approximate surface area is 94.2 Å². The Morgan fingerprint density at radius 3 is 2.38 bits per heavy atom. The number of carbonyl (C=O) groups is 1. The third kappa shape index (κ3) is 7.28. The number of halogens is 1. The van der Waals surface area contributed by atoms with Crippen molar-refractivity contribution in [1.29, 1.82) is 0 Å². The van der Waals surface area contributed by atoms with Gasteiger partial charge in [0, 0.05) is 0 Å². The van der Waals surface area contributed by atoms with Crippen molar-refractivity contribution in [1.82, 2.24) is 0 Å². The molecule has 0 bridgehead atoms. The highest BCUT2D eigenvalue weighted by Crippen LogP contribution is 2.16. The maximum Gasteiger partial charge on any atom is 0.306 e. The minimum atomic E-state index is -0.610. The Morgan fingerprint density at radius 1 is 1.31 bits per heavy atom. The second-order valence-corrected chi connectivity index (χ2v) is 4.44. The van der Waals surface area contributed by atoms with E-state index in [1.807, 2.05) is 0 Å². The van der Waals surface area contributed by atoms with Gasteiger partial charge in [-0.3, -0.25) is 4.79 Å². The Bertz CT molecular complexity index is 137. The highest BCUT2D eigenvalue weighted by atomic mass is 127. The minimum Gasteiger partial charge on any atom is -0.481 e. The average molecular weight is 298 g/mol. The molecule has 2 nitrogen and oxygen atoms in total. The third-order valence-electron chi connectivity index (χ3n) is 2.19. The molecular weight excluding hydrogens is 279 g/mol. The van der Waals surface area contributed by atoms with Gasteiger partial charge in [-0.1, -0.05) is 48.8 Å². The molecule has 3 heteroatoms. The van der Waals surface area contributed by atoms with Gasteiger partial charge in [-0.2, -0.15) is 0 Å². The van der Waals surface area contributed by atoms with Crippen molar-refractivity contribution < 1.29 is 9.90 Å². The molecule has 0 aromatic rings. The zero-order valence-electron chi connectivity index (χ0n) is 8.26. The van der Waals surface area contributed by atoms with Crippen molar-refractivity contribution in [2.75, 3.05) is 4.43 Å². The number of carboxylic acid groups (broad SMARTS) is 1. The van der Waals surface area contributed by atoms with Crippen LogP contribution in [0.2, 0.25) is 0 Å². The van der Waals surface area contributed by atoms with Gasteiger partial charge >= 0.3 is 5.97 Å². The molecule has 1 unspecified atom stereocenters. The summed E-state index contributed by atoms with van der Waals surface area (Å²) in [7, 11) is 0. The van der Waals surface area contributed by atoms with Gasteiger partial charge in [0.15, 0.2) is 0 Å². The molecule has 1 N–H and O–H groups in total. The number of aliphatic carboxylic acids is 1. The summed E-state index contributed by atoms with van der Waals surface area (Å²) < 4.78 is 1.06. The number of unbranched alkanes of at least 4 members (excludes halogenated alkanes) is 2. The molecule has 0 fully saturated rings. The van der Waals surface area contributed by atoms with Crippen LogP contribution in [0.15, 0.2) is 0 Å². The van der Waals surface area contributed by atoms with E-state index < -0.39 is 5.97 Å². The van der Waals surface area contributed by atoms with Gasteiger partial charge in [-0.05, 0) is 23.7 Å². The highest BCUT2D eigenvalue weighted by Gasteiger charge is 2.15. The van der Waals surface area contributed by atoms with Crippen LogP contribution in [0.4, 0.5) is 0 Å². The van der Waals surface area contributed by atoms with E-state index >= 15 is 0 Å². The third-order valence-corrected chi connectivity index (χ3v) is 2.95. The van der Waals surface area contributed by atoms with Crippen molar-refractivity contribution in [3.8, 4) is 0 Å². The van der Waals surface area contributed by atoms with Crippen molar-refractivity contribution in [2.24, 2.45) is 5.92 Å². The Balaban J connectivity index is 3.61. The molecule has 0 aliphatic heterocycles. The van der Waals surface area contributed by atoms with Crippen molar-refractivity contribution in [3.05, 3.63) is 0 Å². The van der Waals surface area contributed by atoms with Crippen molar-refractivity contribution >= 4 is 28.6 Å². The summed E-state index contributed by atoms with van der Waals surface area (Å²) in [5.74, 6) is -0.706. The van der Waals surface area contributed by atoms with Crippen LogP contribution >= 0.6 is 22.6 Å². The number of alkyl halides is 1. The maximum absolute atomic E-state index is 10.8. The van der Waals surface area contributed by atoms with Gasteiger partial charge in [0.2, 0.25) is 0 Å². The maximum atomic E-state index is 10.8. The molecule has 0 saturated heterocycles. The molecule has 13 heavy (non-hydrogen) atoms. The lowest BCUT2D eigenvalue weighted by atomic mass is 9.97. The fraction of sp³-hybridized carbons (Fsp3) is 0.900. The summed E-state index contributed by atoms with van der Waals surface area (Å²) in [5.41, 5.74) is 0. The number of carboxylic acids is 1. The van der Waals surface area contributed by atoms with Gasteiger partial charge in [0.25, 0.3) is 0 Å². The quantitative estimate of drug-likeness (QED) is 0.423. The Kier molecular flexibility index (Phi) is 8.92. The lowest BCUT2D eigenvalue weighted by Crippen LogP contribution is -2.13. The van der Waals surface area contributed by atoms with E-state index in [9.17, 15) is 4.79 Å². The lowest BCUT2D eigenvalue weighted by Gasteiger charge is -2.10. The number of hydrogen-bond acceptors (Lipinski definition) is 1. The van der Waals surface area contributed by atoms with Crippen LogP contribution in [-0.4, -0.2) is 15.5 Å². The van der Waals surface area contributed by atoms with Crippen LogP contribution in [0.25, 0.3) is 0 Å². The highest BCUT2D eigenvalue weighted by molar-refractivity contribution is 14.1. The van der Waals surface area contributed by atoms with Gasteiger partial charge in [-0.15, -0.1) is 0 Å². The molecule has 0 saturated carbocycles. The molecule has 0 aliphatic rings. The van der Waals surface area contributed by atoms with E-state index in [1.54, 1.807) is 0 Å². The molecule has 1 atom stereocenters. The molecule has 0 aromatic heterocycles. The van der Waals surface area contributed by atoms with E-state index in [-0.39, 0.29) is 5.92 Å². The second kappa shape index (κ2) is 8.78. The fourth-order valence-electron chi connectivity index (χ4n) is 1.36. The van der Waals surface area contributed by atoms with Crippen LogP contribution in [0.1, 0.15) is 45.4 Å². The molecule has 78 valence electrons. The molecule has 0 rings (SSSR count). The normalized spacial score (nSPS) is 12.8. The van der Waals surface area contributed by atoms with Crippen LogP contribution in [0, 0.1) is 5.92 Å². The van der Waals surface area contributed by atoms with Crippen LogP contribution in [0.5, 0.6) is 0 Å². The Morgan fingerprint density at radius 2 is 1.92 bits per heavy atom. The van der Waals surface area contributed by atoms with Gasteiger partial charge in [0.1, 0.15) is 0 Å². The number of rotatable bonds is 8. The molecule has 0 aliphatic carbocycles. The fourth-order valence-corrected chi connectivity index (χ4v) is 1.80. The second-order valence-electron chi connectivity index (χ2n) is 3.36. The van der Waals surface area contributed by atoms with Crippen LogP contribution in [0.3, 0.4) is 0 Å². The molecular formula is C10H19IO2. The smallest absolute Gasteiger partial charge is 0.306 e. The number of hydrogen-bond donors (Lipinski definition) is 1. The van der Waals surface area contributed by atoms with Gasteiger partial charge < -0.3 is 5.11 Å². The zero-order valence-corrected chi connectivity index (χ0v) is 10.4. The van der Waals surface area contributed by atoms with Gasteiger partial charge in [0.05, 0.1) is 5.92 Å². The van der Waals surface area contributed by atoms with E-state index in [0.717, 1.165) is 36.5 Å². The molecule has 0 heterocycles. The Hall–Kier alpha value is 0.200. The first-order valence-corrected chi connectivity index (χ1v) is 6.53. The SMILES string of the molecule is CCCCCC(CCCI)C(=O)O. The average Bonchev–Trinajstić information content (AvgIpc) is 2.10. The molecule has 0 amide bonds. The van der Waals surface area contributed by atoms with Crippen LogP contribution < -0.4 is 0 Å². The summed E-state index contributed by atoms with van der Waals surface area (Å²) in [4.78, 5) is 10.8. The van der Waals surface area contributed by atoms with E-state index in [4.69, 9.17) is 5.11 Å². The van der Waals surface area contributed by atoms with Crippen molar-refractivity contribution in [2.45, 2.75) is 45.4 Å². The minimum absolute atomic E-state index is 0.0960. The van der Waals surface area contributed by atoms with E-state index in [0.29, 0.717) is 0 Å². The molecule has 0 radical (unpaired) electrons. The first-order chi connectivity index (χ1) is 6.22.